The van der Waals surface area contributed by atoms with E-state index in [0.29, 0.717) is 10.7 Å². The van der Waals surface area contributed by atoms with Crippen LogP contribution in [0.25, 0.3) is 0 Å². The largest absolute Gasteiger partial charge is 0.362 e. The van der Waals surface area contributed by atoms with E-state index in [-0.39, 0.29) is 5.57 Å². The van der Waals surface area contributed by atoms with Gasteiger partial charge in [-0.3, -0.25) is 9.35 Å². The van der Waals surface area contributed by atoms with Crippen molar-refractivity contribution in [2.24, 2.45) is 0 Å². The summed E-state index contributed by atoms with van der Waals surface area (Å²) in [4.78, 5) is 11.8. The molecule has 0 aliphatic carbocycles. The number of amides is 1. The number of carbonyl (C=O) groups is 1. The van der Waals surface area contributed by atoms with Gasteiger partial charge < -0.3 is 0 Å². The summed E-state index contributed by atoms with van der Waals surface area (Å²) in [6.45, 7) is 8.64. The highest BCUT2D eigenvalue weighted by molar-refractivity contribution is 7.84. The first-order chi connectivity index (χ1) is 9.21. The van der Waals surface area contributed by atoms with Crippen LogP contribution >= 0.6 is 0 Å². The van der Waals surface area contributed by atoms with E-state index in [4.69, 9.17) is 0 Å². The lowest BCUT2D eigenvalue weighted by Gasteiger charge is -2.25. The highest BCUT2D eigenvalue weighted by Crippen LogP contribution is 2.16. The maximum absolute atomic E-state index is 11.8. The van der Waals surface area contributed by atoms with Gasteiger partial charge in [0.05, 0.1) is 0 Å². The Morgan fingerprint density at radius 3 is 2.15 bits per heavy atom. The normalized spacial score (nSPS) is 13.0. The molecule has 118 valence electrons. The van der Waals surface area contributed by atoms with Crippen LogP contribution in [0.4, 0.5) is 0 Å². The average Bonchev–Trinajstić information content (AvgIpc) is 2.31. The molecule has 0 aromatic rings. The molecule has 0 heterocycles. The van der Waals surface area contributed by atoms with E-state index >= 15 is 0 Å². The standard InChI is InChI=1S/C14H27NO4S/c1-5-6-7-8-9-10-11-13(4)15(20(17,18)19)14(16)12(2)3/h13H,2,5-11H2,1,3-4H3,(H,17,18,19). The van der Waals surface area contributed by atoms with E-state index in [1.54, 1.807) is 6.92 Å². The molecule has 0 radical (unpaired) electrons. The molecule has 0 spiro atoms. The van der Waals surface area contributed by atoms with Gasteiger partial charge in [-0.1, -0.05) is 52.0 Å². The lowest BCUT2D eigenvalue weighted by molar-refractivity contribution is -0.124. The first-order valence-corrected chi connectivity index (χ1v) is 8.58. The molecule has 0 aromatic carbocycles. The molecule has 1 amide bonds. The summed E-state index contributed by atoms with van der Waals surface area (Å²) in [5, 5.41) is 0. The van der Waals surface area contributed by atoms with Gasteiger partial charge in [-0.15, -0.1) is 0 Å². The Hall–Kier alpha value is -0.880. The van der Waals surface area contributed by atoms with Gasteiger partial charge in [0.25, 0.3) is 5.91 Å². The van der Waals surface area contributed by atoms with E-state index in [2.05, 4.69) is 13.5 Å². The van der Waals surface area contributed by atoms with Crippen molar-refractivity contribution in [2.75, 3.05) is 0 Å². The molecule has 1 unspecified atom stereocenters. The summed E-state index contributed by atoms with van der Waals surface area (Å²) in [5.74, 6) is -0.744. The molecular weight excluding hydrogens is 278 g/mol. The minimum atomic E-state index is -4.54. The predicted octanol–water partition coefficient (Wildman–Crippen LogP) is 3.33. The minimum absolute atomic E-state index is 0.0948. The number of hydrogen-bond donors (Lipinski definition) is 1. The molecule has 0 fully saturated rings. The molecule has 0 bridgehead atoms. The van der Waals surface area contributed by atoms with Crippen molar-refractivity contribution in [2.45, 2.75) is 71.8 Å². The lowest BCUT2D eigenvalue weighted by atomic mass is 10.1. The van der Waals surface area contributed by atoms with Crippen molar-refractivity contribution in [1.82, 2.24) is 4.31 Å². The third-order valence-electron chi connectivity index (χ3n) is 3.19. The monoisotopic (exact) mass is 305 g/mol. The third kappa shape index (κ3) is 7.05. The Bertz CT molecular complexity index is 417. The molecule has 0 aliphatic heterocycles. The lowest BCUT2D eigenvalue weighted by Crippen LogP contribution is -2.43. The van der Waals surface area contributed by atoms with Crippen LogP contribution in [0.3, 0.4) is 0 Å². The fraction of sp³-hybridized carbons (Fsp3) is 0.786. The van der Waals surface area contributed by atoms with Crippen molar-refractivity contribution in [3.05, 3.63) is 12.2 Å². The summed E-state index contributed by atoms with van der Waals surface area (Å²) in [5.41, 5.74) is 0.0948. The van der Waals surface area contributed by atoms with Crippen LogP contribution in [0.1, 0.15) is 65.7 Å². The molecular formula is C14H27NO4S. The van der Waals surface area contributed by atoms with Crippen LogP contribution in [0.5, 0.6) is 0 Å². The van der Waals surface area contributed by atoms with Crippen LogP contribution in [-0.2, 0) is 15.1 Å². The van der Waals surface area contributed by atoms with E-state index in [1.807, 2.05) is 0 Å². The van der Waals surface area contributed by atoms with Crippen molar-refractivity contribution in [3.63, 3.8) is 0 Å². The van der Waals surface area contributed by atoms with Crippen LogP contribution in [0.2, 0.25) is 0 Å². The molecule has 0 saturated heterocycles. The van der Waals surface area contributed by atoms with E-state index in [1.165, 1.54) is 26.2 Å². The molecule has 5 nitrogen and oxygen atoms in total. The number of rotatable bonds is 10. The first-order valence-electron chi connectivity index (χ1n) is 7.18. The molecule has 0 aromatic heterocycles. The fourth-order valence-corrected chi connectivity index (χ4v) is 2.98. The summed E-state index contributed by atoms with van der Waals surface area (Å²) in [7, 11) is -4.54. The Morgan fingerprint density at radius 2 is 1.70 bits per heavy atom. The van der Waals surface area contributed by atoms with E-state index < -0.39 is 22.3 Å². The fourth-order valence-electron chi connectivity index (χ4n) is 2.06. The second-order valence-corrected chi connectivity index (χ2v) is 6.55. The summed E-state index contributed by atoms with van der Waals surface area (Å²) >= 11 is 0. The van der Waals surface area contributed by atoms with Crippen LogP contribution in [0.15, 0.2) is 12.2 Å². The third-order valence-corrected chi connectivity index (χ3v) is 4.21. The van der Waals surface area contributed by atoms with Crippen LogP contribution in [0, 0.1) is 0 Å². The van der Waals surface area contributed by atoms with Gasteiger partial charge >= 0.3 is 10.3 Å². The Labute approximate surface area is 122 Å². The average molecular weight is 305 g/mol. The maximum atomic E-state index is 11.8. The van der Waals surface area contributed by atoms with Gasteiger partial charge in [0, 0.05) is 11.6 Å². The van der Waals surface area contributed by atoms with Crippen molar-refractivity contribution < 1.29 is 17.8 Å². The molecule has 20 heavy (non-hydrogen) atoms. The zero-order valence-corrected chi connectivity index (χ0v) is 13.6. The molecule has 0 saturated carbocycles. The molecule has 6 heteroatoms. The Kier molecular flexibility index (Phi) is 8.73. The van der Waals surface area contributed by atoms with Crippen molar-refractivity contribution in [1.29, 1.82) is 0 Å². The topological polar surface area (TPSA) is 74.7 Å². The first kappa shape index (κ1) is 19.1. The van der Waals surface area contributed by atoms with Crippen molar-refractivity contribution >= 4 is 16.2 Å². The quantitative estimate of drug-likeness (QED) is 0.381. The Morgan fingerprint density at radius 1 is 1.20 bits per heavy atom. The maximum Gasteiger partial charge on any atom is 0.362 e. The molecule has 1 atom stereocenters. The van der Waals surface area contributed by atoms with Crippen LogP contribution in [-0.4, -0.2) is 29.2 Å². The summed E-state index contributed by atoms with van der Waals surface area (Å²) in [6, 6.07) is -0.555. The molecule has 0 rings (SSSR count). The van der Waals surface area contributed by atoms with Gasteiger partial charge in [0.2, 0.25) is 0 Å². The minimum Gasteiger partial charge on any atom is -0.269 e. The highest BCUT2D eigenvalue weighted by atomic mass is 32.2. The van der Waals surface area contributed by atoms with Gasteiger partial charge in [0.1, 0.15) is 0 Å². The van der Waals surface area contributed by atoms with Gasteiger partial charge in [-0.2, -0.15) is 8.42 Å². The van der Waals surface area contributed by atoms with Gasteiger partial charge in [-0.05, 0) is 20.3 Å². The summed E-state index contributed by atoms with van der Waals surface area (Å²) in [6.07, 6.45) is 7.07. The predicted molar refractivity (Wildman–Crippen MR) is 80.7 cm³/mol. The SMILES string of the molecule is C=C(C)C(=O)N(C(C)CCCCCCCC)S(=O)(=O)O. The van der Waals surface area contributed by atoms with E-state index in [9.17, 15) is 17.8 Å². The van der Waals surface area contributed by atoms with Gasteiger partial charge in [-0.25, -0.2) is 4.31 Å². The summed E-state index contributed by atoms with van der Waals surface area (Å²) < 4.78 is 32.3. The van der Waals surface area contributed by atoms with Crippen LogP contribution < -0.4 is 0 Å². The second-order valence-electron chi connectivity index (χ2n) is 5.26. The number of carbonyl (C=O) groups excluding carboxylic acids is 1. The molecule has 0 aliphatic rings. The number of nitrogens with zero attached hydrogens (tertiary/aromatic N) is 1. The zero-order valence-electron chi connectivity index (χ0n) is 12.8. The smallest absolute Gasteiger partial charge is 0.269 e. The Balaban J connectivity index is 4.41. The van der Waals surface area contributed by atoms with Crippen molar-refractivity contribution in [3.8, 4) is 0 Å². The van der Waals surface area contributed by atoms with Gasteiger partial charge in [0.15, 0.2) is 0 Å². The second kappa shape index (κ2) is 9.13. The highest BCUT2D eigenvalue weighted by Gasteiger charge is 2.30. The van der Waals surface area contributed by atoms with E-state index in [0.717, 1.165) is 19.3 Å². The zero-order chi connectivity index (χ0) is 15.8. The number of unbranched alkanes of at least 4 members (excludes halogenated alkanes) is 5. The number of hydrogen-bond acceptors (Lipinski definition) is 3. The molecule has 1 N–H and O–H groups in total.